The van der Waals surface area contributed by atoms with Crippen LogP contribution in [0.5, 0.6) is 23.1 Å². The number of hydrogen-bond donors (Lipinski definition) is 1. The van der Waals surface area contributed by atoms with Crippen LogP contribution in [0.1, 0.15) is 5.56 Å². The Labute approximate surface area is 171 Å². The first-order chi connectivity index (χ1) is 13.2. The standard InChI is InChI=1S/C22H18INO3/c1-26-19-10-2-3-11-20(19)27-17-8-4-6-15(12-17)13-24-14-16-7-5-9-18(23)21(16)22(24)25/h2-12,14,25H,13H2,1H3. The van der Waals surface area contributed by atoms with Gasteiger partial charge >= 0.3 is 0 Å². The van der Waals surface area contributed by atoms with Crippen molar-refractivity contribution in [2.75, 3.05) is 7.11 Å². The molecule has 1 aromatic heterocycles. The van der Waals surface area contributed by atoms with Crippen molar-refractivity contribution < 1.29 is 14.6 Å². The van der Waals surface area contributed by atoms with E-state index in [0.29, 0.717) is 18.0 Å². The van der Waals surface area contributed by atoms with Crippen molar-refractivity contribution in [3.63, 3.8) is 0 Å². The molecule has 0 aliphatic carbocycles. The largest absolute Gasteiger partial charge is 0.494 e. The van der Waals surface area contributed by atoms with Gasteiger partial charge in [-0.25, -0.2) is 0 Å². The third-order valence-corrected chi connectivity index (χ3v) is 5.28. The molecule has 0 saturated heterocycles. The highest BCUT2D eigenvalue weighted by atomic mass is 127. The lowest BCUT2D eigenvalue weighted by Gasteiger charge is -2.11. The average Bonchev–Trinajstić information content (AvgIpc) is 2.99. The van der Waals surface area contributed by atoms with Crippen molar-refractivity contribution in [2.45, 2.75) is 6.54 Å². The van der Waals surface area contributed by atoms with Crippen molar-refractivity contribution in [2.24, 2.45) is 0 Å². The van der Waals surface area contributed by atoms with Crippen LogP contribution in [0.3, 0.4) is 0 Å². The van der Waals surface area contributed by atoms with Crippen molar-refractivity contribution in [3.8, 4) is 23.1 Å². The van der Waals surface area contributed by atoms with Crippen LogP contribution in [0.4, 0.5) is 0 Å². The van der Waals surface area contributed by atoms with E-state index in [9.17, 15) is 5.11 Å². The summed E-state index contributed by atoms with van der Waals surface area (Å²) < 4.78 is 14.2. The number of fused-ring (bicyclic) bond motifs is 1. The summed E-state index contributed by atoms with van der Waals surface area (Å²) in [5.41, 5.74) is 1.04. The Bertz CT molecular complexity index is 1100. The number of para-hydroxylation sites is 2. The van der Waals surface area contributed by atoms with Crippen molar-refractivity contribution in [3.05, 3.63) is 82.1 Å². The van der Waals surface area contributed by atoms with E-state index in [1.54, 1.807) is 7.11 Å². The molecule has 136 valence electrons. The molecule has 1 heterocycles. The Morgan fingerprint density at radius 1 is 0.963 bits per heavy atom. The van der Waals surface area contributed by atoms with Gasteiger partial charge in [0.15, 0.2) is 17.4 Å². The second kappa shape index (κ2) is 7.52. The van der Waals surface area contributed by atoms with Gasteiger partial charge in [-0.3, -0.25) is 0 Å². The van der Waals surface area contributed by atoms with Gasteiger partial charge in [-0.15, -0.1) is 0 Å². The van der Waals surface area contributed by atoms with Gasteiger partial charge in [0, 0.05) is 15.2 Å². The molecule has 0 amide bonds. The third-order valence-electron chi connectivity index (χ3n) is 4.38. The molecule has 4 nitrogen and oxygen atoms in total. The van der Waals surface area contributed by atoms with Crippen LogP contribution in [-0.2, 0) is 6.54 Å². The van der Waals surface area contributed by atoms with Gasteiger partial charge in [-0.1, -0.05) is 36.4 Å². The van der Waals surface area contributed by atoms with Crippen LogP contribution in [0.25, 0.3) is 10.8 Å². The fourth-order valence-corrected chi connectivity index (χ4v) is 3.87. The van der Waals surface area contributed by atoms with E-state index in [1.807, 2.05) is 77.5 Å². The quantitative estimate of drug-likeness (QED) is 0.374. The molecular formula is C22H18INO3. The zero-order valence-electron chi connectivity index (χ0n) is 14.7. The van der Waals surface area contributed by atoms with E-state index in [-0.39, 0.29) is 5.88 Å². The fourth-order valence-electron chi connectivity index (χ4n) is 3.11. The van der Waals surface area contributed by atoms with Gasteiger partial charge in [-0.2, -0.15) is 0 Å². The van der Waals surface area contributed by atoms with Crippen LogP contribution < -0.4 is 9.47 Å². The normalized spacial score (nSPS) is 10.9. The number of ether oxygens (including phenoxy) is 2. The lowest BCUT2D eigenvalue weighted by molar-refractivity contribution is 0.378. The summed E-state index contributed by atoms with van der Waals surface area (Å²) in [5.74, 6) is 2.36. The maximum Gasteiger partial charge on any atom is 0.200 e. The van der Waals surface area contributed by atoms with E-state index >= 15 is 0 Å². The molecule has 4 rings (SSSR count). The molecule has 0 bridgehead atoms. The highest BCUT2D eigenvalue weighted by molar-refractivity contribution is 14.1. The SMILES string of the molecule is COc1ccccc1Oc1cccc(Cn2cc3cccc(I)c3c2O)c1. The second-order valence-corrected chi connectivity index (χ2v) is 7.35. The van der Waals surface area contributed by atoms with Gasteiger partial charge < -0.3 is 19.1 Å². The monoisotopic (exact) mass is 471 g/mol. The van der Waals surface area contributed by atoms with Gasteiger partial charge in [0.1, 0.15) is 5.75 Å². The average molecular weight is 471 g/mol. The Hall–Kier alpha value is -2.67. The summed E-state index contributed by atoms with van der Waals surface area (Å²) in [7, 11) is 1.62. The number of aromatic nitrogens is 1. The van der Waals surface area contributed by atoms with Crippen LogP contribution in [0.2, 0.25) is 0 Å². The zero-order valence-corrected chi connectivity index (χ0v) is 16.9. The molecule has 0 unspecified atom stereocenters. The van der Waals surface area contributed by atoms with E-state index in [1.165, 1.54) is 0 Å². The molecule has 0 aliphatic heterocycles. The van der Waals surface area contributed by atoms with Crippen LogP contribution in [0, 0.1) is 3.57 Å². The van der Waals surface area contributed by atoms with E-state index < -0.39 is 0 Å². The number of methoxy groups -OCH3 is 1. The van der Waals surface area contributed by atoms with E-state index in [4.69, 9.17) is 9.47 Å². The number of aromatic hydroxyl groups is 1. The lowest BCUT2D eigenvalue weighted by Crippen LogP contribution is -1.98. The molecule has 3 aromatic carbocycles. The molecule has 27 heavy (non-hydrogen) atoms. The van der Waals surface area contributed by atoms with E-state index in [2.05, 4.69) is 22.6 Å². The van der Waals surface area contributed by atoms with Crippen LogP contribution in [-0.4, -0.2) is 16.8 Å². The molecule has 0 aliphatic rings. The van der Waals surface area contributed by atoms with Gasteiger partial charge in [-0.05, 0) is 58.5 Å². The summed E-state index contributed by atoms with van der Waals surface area (Å²) in [6.45, 7) is 0.555. The maximum absolute atomic E-state index is 10.6. The summed E-state index contributed by atoms with van der Waals surface area (Å²) in [6.07, 6.45) is 1.97. The van der Waals surface area contributed by atoms with Crippen molar-refractivity contribution in [1.29, 1.82) is 0 Å². The zero-order chi connectivity index (χ0) is 18.8. The first-order valence-electron chi connectivity index (χ1n) is 8.52. The number of halogens is 1. The van der Waals surface area contributed by atoms with Gasteiger partial charge in [0.05, 0.1) is 19.0 Å². The molecular weight excluding hydrogens is 453 g/mol. The first-order valence-corrected chi connectivity index (χ1v) is 9.59. The predicted octanol–water partition coefficient (Wildman–Crippen LogP) is 5.80. The highest BCUT2D eigenvalue weighted by Crippen LogP contribution is 2.33. The van der Waals surface area contributed by atoms with Crippen LogP contribution >= 0.6 is 22.6 Å². The smallest absolute Gasteiger partial charge is 0.200 e. The highest BCUT2D eigenvalue weighted by Gasteiger charge is 2.12. The lowest BCUT2D eigenvalue weighted by atomic mass is 10.2. The molecule has 0 atom stereocenters. The number of benzene rings is 3. The molecule has 0 saturated carbocycles. The summed E-state index contributed by atoms with van der Waals surface area (Å²) >= 11 is 2.25. The van der Waals surface area contributed by atoms with Gasteiger partial charge in [0.25, 0.3) is 0 Å². The van der Waals surface area contributed by atoms with Gasteiger partial charge in [0.2, 0.25) is 0 Å². The molecule has 4 aromatic rings. The predicted molar refractivity (Wildman–Crippen MR) is 115 cm³/mol. The Morgan fingerprint density at radius 2 is 1.74 bits per heavy atom. The number of rotatable bonds is 5. The second-order valence-electron chi connectivity index (χ2n) is 6.18. The summed E-state index contributed by atoms with van der Waals surface area (Å²) in [5, 5.41) is 12.5. The minimum atomic E-state index is 0.283. The molecule has 0 radical (unpaired) electrons. The number of hydrogen-bond acceptors (Lipinski definition) is 3. The Balaban J connectivity index is 1.62. The molecule has 0 spiro atoms. The van der Waals surface area contributed by atoms with E-state index in [0.717, 1.165) is 25.7 Å². The number of nitrogens with zero attached hydrogens (tertiary/aromatic N) is 1. The topological polar surface area (TPSA) is 43.6 Å². The fraction of sp³-hybridized carbons (Fsp3) is 0.0909. The molecule has 5 heteroatoms. The van der Waals surface area contributed by atoms with Crippen molar-refractivity contribution in [1.82, 2.24) is 4.57 Å². The summed E-state index contributed by atoms with van der Waals surface area (Å²) in [4.78, 5) is 0. The maximum atomic E-state index is 10.6. The first kappa shape index (κ1) is 17.7. The summed E-state index contributed by atoms with van der Waals surface area (Å²) in [6, 6.07) is 21.4. The molecule has 1 N–H and O–H groups in total. The third kappa shape index (κ3) is 3.60. The Morgan fingerprint density at radius 3 is 2.52 bits per heavy atom. The minimum Gasteiger partial charge on any atom is -0.494 e. The van der Waals surface area contributed by atoms with Crippen molar-refractivity contribution >= 4 is 33.4 Å². The molecule has 0 fully saturated rings. The Kier molecular flexibility index (Phi) is 4.94. The van der Waals surface area contributed by atoms with Crippen LogP contribution in [0.15, 0.2) is 72.9 Å². The minimum absolute atomic E-state index is 0.283.